The van der Waals surface area contributed by atoms with Gasteiger partial charge in [-0.05, 0) is 36.6 Å². The van der Waals surface area contributed by atoms with Crippen LogP contribution in [0.25, 0.3) is 0 Å². The van der Waals surface area contributed by atoms with Gasteiger partial charge in [0.25, 0.3) is 0 Å². The van der Waals surface area contributed by atoms with E-state index in [-0.39, 0.29) is 0 Å². The number of hydrogen-bond donors (Lipinski definition) is 1. The molecule has 1 N–H and O–H groups in total. The van der Waals surface area contributed by atoms with Crippen molar-refractivity contribution in [2.45, 2.75) is 52.4 Å². The Bertz CT molecular complexity index is 336. The molecule has 0 fully saturated rings. The average molecular weight is 263 g/mol. The van der Waals surface area contributed by atoms with Crippen LogP contribution >= 0.6 is 0 Å². The van der Waals surface area contributed by atoms with Crippen LogP contribution in [0.15, 0.2) is 24.3 Å². The van der Waals surface area contributed by atoms with Crippen LogP contribution in [-0.4, -0.2) is 19.7 Å². The molecule has 0 heterocycles. The van der Waals surface area contributed by atoms with E-state index in [0.717, 1.165) is 25.4 Å². The summed E-state index contributed by atoms with van der Waals surface area (Å²) in [4.78, 5) is 0. The summed E-state index contributed by atoms with van der Waals surface area (Å²) in [7, 11) is 0. The fourth-order valence-electron chi connectivity index (χ4n) is 2.01. The van der Waals surface area contributed by atoms with Crippen molar-refractivity contribution < 1.29 is 4.74 Å². The second-order valence-electron chi connectivity index (χ2n) is 5.39. The van der Waals surface area contributed by atoms with E-state index >= 15 is 0 Å². The zero-order valence-corrected chi connectivity index (χ0v) is 12.7. The lowest BCUT2D eigenvalue weighted by Crippen LogP contribution is -2.22. The minimum atomic E-state index is 0.556. The topological polar surface area (TPSA) is 21.3 Å². The number of ether oxygens (including phenoxy) is 1. The molecule has 1 aromatic rings. The van der Waals surface area contributed by atoms with E-state index in [4.69, 9.17) is 4.74 Å². The van der Waals surface area contributed by atoms with E-state index < -0.39 is 0 Å². The Hall–Kier alpha value is -1.02. The van der Waals surface area contributed by atoms with Gasteiger partial charge in [-0.15, -0.1) is 0 Å². The molecule has 19 heavy (non-hydrogen) atoms. The Morgan fingerprint density at radius 2 is 1.95 bits per heavy atom. The van der Waals surface area contributed by atoms with Gasteiger partial charge in [-0.2, -0.15) is 0 Å². The van der Waals surface area contributed by atoms with Gasteiger partial charge in [0, 0.05) is 6.54 Å². The van der Waals surface area contributed by atoms with Crippen LogP contribution in [0.5, 0.6) is 5.75 Å². The molecule has 108 valence electrons. The molecule has 2 heteroatoms. The average Bonchev–Trinajstić information content (AvgIpc) is 2.42. The number of rotatable bonds is 10. The van der Waals surface area contributed by atoms with Crippen molar-refractivity contribution in [3.05, 3.63) is 29.8 Å². The molecule has 0 aliphatic carbocycles. The van der Waals surface area contributed by atoms with Gasteiger partial charge >= 0.3 is 0 Å². The van der Waals surface area contributed by atoms with Crippen molar-refractivity contribution in [1.82, 2.24) is 5.32 Å². The van der Waals surface area contributed by atoms with Crippen molar-refractivity contribution in [2.24, 2.45) is 0 Å². The fraction of sp³-hybridized carbons (Fsp3) is 0.647. The first-order valence-corrected chi connectivity index (χ1v) is 7.67. The van der Waals surface area contributed by atoms with Crippen LogP contribution < -0.4 is 10.1 Å². The number of nitrogens with one attached hydrogen (secondary N) is 1. The highest BCUT2D eigenvalue weighted by Crippen LogP contribution is 2.19. The Balaban J connectivity index is 2.10. The van der Waals surface area contributed by atoms with Gasteiger partial charge in [0.2, 0.25) is 0 Å². The summed E-state index contributed by atoms with van der Waals surface area (Å²) >= 11 is 0. The van der Waals surface area contributed by atoms with Crippen molar-refractivity contribution >= 4 is 0 Å². The Morgan fingerprint density at radius 1 is 1.11 bits per heavy atom. The summed E-state index contributed by atoms with van der Waals surface area (Å²) in [6.45, 7) is 9.43. The van der Waals surface area contributed by atoms with Gasteiger partial charge in [-0.3, -0.25) is 0 Å². The molecule has 2 nitrogen and oxygen atoms in total. The first-order valence-electron chi connectivity index (χ1n) is 7.67. The normalized spacial score (nSPS) is 10.9. The molecule has 0 spiro atoms. The molecule has 0 unspecified atom stereocenters. The van der Waals surface area contributed by atoms with Gasteiger partial charge < -0.3 is 10.1 Å². The predicted octanol–water partition coefficient (Wildman–Crippen LogP) is 4.36. The molecule has 1 rings (SSSR count). The summed E-state index contributed by atoms with van der Waals surface area (Å²) in [5, 5.41) is 3.43. The van der Waals surface area contributed by atoms with Gasteiger partial charge in [-0.25, -0.2) is 0 Å². The summed E-state index contributed by atoms with van der Waals surface area (Å²) in [5.41, 5.74) is 1.34. The van der Waals surface area contributed by atoms with E-state index in [1.165, 1.54) is 31.2 Å². The second kappa shape index (κ2) is 9.85. The first-order chi connectivity index (χ1) is 9.24. The minimum absolute atomic E-state index is 0.556. The molecule has 0 saturated carbocycles. The maximum atomic E-state index is 5.76. The Kier molecular flexibility index (Phi) is 8.31. The van der Waals surface area contributed by atoms with Crippen LogP contribution in [0, 0.1) is 0 Å². The molecule has 0 atom stereocenters. The van der Waals surface area contributed by atoms with Crippen LogP contribution in [-0.2, 0) is 0 Å². The number of unbranched alkanes of at least 4 members (excludes halogenated alkanes) is 3. The monoisotopic (exact) mass is 263 g/mol. The highest BCUT2D eigenvalue weighted by atomic mass is 16.5. The molecule has 0 amide bonds. The van der Waals surface area contributed by atoms with E-state index in [1.54, 1.807) is 0 Å². The van der Waals surface area contributed by atoms with Crippen LogP contribution in [0.2, 0.25) is 0 Å². The summed E-state index contributed by atoms with van der Waals surface area (Å²) in [6, 6.07) is 8.41. The molecule has 1 aromatic carbocycles. The molecule has 0 aromatic heterocycles. The van der Waals surface area contributed by atoms with Crippen LogP contribution in [0.3, 0.4) is 0 Å². The third kappa shape index (κ3) is 7.22. The van der Waals surface area contributed by atoms with Gasteiger partial charge in [-0.1, -0.05) is 52.2 Å². The van der Waals surface area contributed by atoms with E-state index in [2.05, 4.69) is 44.3 Å². The third-order valence-electron chi connectivity index (χ3n) is 3.28. The summed E-state index contributed by atoms with van der Waals surface area (Å²) in [5.74, 6) is 1.54. The van der Waals surface area contributed by atoms with E-state index in [0.29, 0.717) is 5.92 Å². The molecule has 0 saturated heterocycles. The third-order valence-corrected chi connectivity index (χ3v) is 3.28. The lowest BCUT2D eigenvalue weighted by molar-refractivity contribution is 0.313. The van der Waals surface area contributed by atoms with Crippen molar-refractivity contribution in [2.75, 3.05) is 19.7 Å². The van der Waals surface area contributed by atoms with Gasteiger partial charge in [0.1, 0.15) is 12.4 Å². The Labute approximate surface area is 118 Å². The zero-order chi connectivity index (χ0) is 13.9. The van der Waals surface area contributed by atoms with E-state index in [9.17, 15) is 0 Å². The van der Waals surface area contributed by atoms with Crippen molar-refractivity contribution in [3.63, 3.8) is 0 Å². The summed E-state index contributed by atoms with van der Waals surface area (Å²) < 4.78 is 5.76. The van der Waals surface area contributed by atoms with Gasteiger partial charge in [0.05, 0.1) is 0 Å². The fourth-order valence-corrected chi connectivity index (χ4v) is 2.01. The smallest absolute Gasteiger partial charge is 0.119 e. The molecule has 0 radical (unpaired) electrons. The van der Waals surface area contributed by atoms with Gasteiger partial charge in [0.15, 0.2) is 0 Å². The number of hydrogen-bond acceptors (Lipinski definition) is 2. The molecular formula is C17H29NO. The second-order valence-corrected chi connectivity index (χ2v) is 5.39. The summed E-state index contributed by atoms with van der Waals surface area (Å²) in [6.07, 6.45) is 5.26. The Morgan fingerprint density at radius 3 is 2.68 bits per heavy atom. The lowest BCUT2D eigenvalue weighted by Gasteiger charge is -2.10. The highest BCUT2D eigenvalue weighted by Gasteiger charge is 2.00. The zero-order valence-electron chi connectivity index (χ0n) is 12.7. The molecule has 0 aliphatic rings. The van der Waals surface area contributed by atoms with Crippen LogP contribution in [0.1, 0.15) is 57.9 Å². The quantitative estimate of drug-likeness (QED) is 0.633. The largest absolute Gasteiger partial charge is 0.492 e. The molecule has 0 bridgehead atoms. The maximum Gasteiger partial charge on any atom is 0.119 e. The predicted molar refractivity (Wildman–Crippen MR) is 83.0 cm³/mol. The van der Waals surface area contributed by atoms with E-state index in [1.807, 2.05) is 6.07 Å². The molecule has 0 aliphatic heterocycles. The standard InChI is InChI=1S/C17H29NO/c1-4-5-6-7-11-18-12-13-19-17-10-8-9-16(14-17)15(2)3/h8-10,14-15,18H,4-7,11-13H2,1-3H3. The minimum Gasteiger partial charge on any atom is -0.492 e. The van der Waals surface area contributed by atoms with Crippen molar-refractivity contribution in [3.8, 4) is 5.75 Å². The molecular weight excluding hydrogens is 234 g/mol. The SMILES string of the molecule is CCCCCCNCCOc1cccc(C(C)C)c1. The van der Waals surface area contributed by atoms with Crippen LogP contribution in [0.4, 0.5) is 0 Å². The number of benzene rings is 1. The first kappa shape index (κ1) is 16.0. The maximum absolute atomic E-state index is 5.76. The highest BCUT2D eigenvalue weighted by molar-refractivity contribution is 5.30. The van der Waals surface area contributed by atoms with Crippen molar-refractivity contribution in [1.29, 1.82) is 0 Å². The lowest BCUT2D eigenvalue weighted by atomic mass is 10.0.